The van der Waals surface area contributed by atoms with Crippen LogP contribution in [0.3, 0.4) is 0 Å². The van der Waals surface area contributed by atoms with Gasteiger partial charge < -0.3 is 14.2 Å². The summed E-state index contributed by atoms with van der Waals surface area (Å²) >= 11 is 0. The van der Waals surface area contributed by atoms with Crippen LogP contribution < -0.4 is 0 Å². The molecule has 0 aliphatic heterocycles. The first-order valence-electron chi connectivity index (χ1n) is 26.9. The lowest BCUT2D eigenvalue weighted by molar-refractivity contribution is -0.167. The highest BCUT2D eigenvalue weighted by atomic mass is 16.6. The summed E-state index contributed by atoms with van der Waals surface area (Å²) in [4.78, 5) is 37.7. The van der Waals surface area contributed by atoms with Crippen molar-refractivity contribution in [2.75, 3.05) is 13.2 Å². The maximum absolute atomic E-state index is 12.7. The normalized spacial score (nSPS) is 11.9. The molecular weight excluding hydrogens is 745 g/mol. The maximum Gasteiger partial charge on any atom is 0.306 e. The topological polar surface area (TPSA) is 78.9 Å². The summed E-state index contributed by atoms with van der Waals surface area (Å²) in [7, 11) is 0. The van der Waals surface area contributed by atoms with E-state index in [9.17, 15) is 14.4 Å². The van der Waals surface area contributed by atoms with E-state index >= 15 is 0 Å². The van der Waals surface area contributed by atoms with Gasteiger partial charge in [0.25, 0.3) is 0 Å². The van der Waals surface area contributed by atoms with Gasteiger partial charge in [0.1, 0.15) is 13.2 Å². The van der Waals surface area contributed by atoms with Gasteiger partial charge in [-0.15, -0.1) is 0 Å². The summed E-state index contributed by atoms with van der Waals surface area (Å²) in [6.45, 7) is 8.98. The third kappa shape index (κ3) is 47.5. The number of rotatable bonds is 49. The molecule has 0 aromatic carbocycles. The van der Waals surface area contributed by atoms with Crippen LogP contribution >= 0.6 is 0 Å². The van der Waals surface area contributed by atoms with Crippen molar-refractivity contribution in [3.63, 3.8) is 0 Å². The Hall–Kier alpha value is -1.59. The average Bonchev–Trinajstić information content (AvgIpc) is 3.23. The first-order valence-corrected chi connectivity index (χ1v) is 26.9. The Labute approximate surface area is 374 Å². The fraction of sp³-hybridized carbons (Fsp3) is 0.944. The summed E-state index contributed by atoms with van der Waals surface area (Å²) in [5.74, 6) is 0.00245. The summed E-state index contributed by atoms with van der Waals surface area (Å²) < 4.78 is 16.7. The molecule has 0 aromatic heterocycles. The van der Waals surface area contributed by atoms with Crippen LogP contribution in [0.5, 0.6) is 0 Å². The molecule has 60 heavy (non-hydrogen) atoms. The van der Waals surface area contributed by atoms with Gasteiger partial charge in [0.2, 0.25) is 0 Å². The fourth-order valence-electron chi connectivity index (χ4n) is 8.22. The van der Waals surface area contributed by atoms with Gasteiger partial charge >= 0.3 is 17.9 Å². The number of carbonyl (C=O) groups excluding carboxylic acids is 3. The van der Waals surface area contributed by atoms with Crippen LogP contribution in [-0.4, -0.2) is 37.2 Å². The van der Waals surface area contributed by atoms with E-state index in [1.165, 1.54) is 193 Å². The Morgan fingerprint density at radius 2 is 0.550 bits per heavy atom. The third-order valence-corrected chi connectivity index (χ3v) is 12.3. The quantitative estimate of drug-likeness (QED) is 0.0345. The molecule has 0 spiro atoms. The molecule has 0 rings (SSSR count). The summed E-state index contributed by atoms with van der Waals surface area (Å²) in [6.07, 6.45) is 51.3. The van der Waals surface area contributed by atoms with Crippen LogP contribution in [0.1, 0.15) is 304 Å². The largest absolute Gasteiger partial charge is 0.462 e. The molecule has 0 bridgehead atoms. The van der Waals surface area contributed by atoms with E-state index in [-0.39, 0.29) is 31.1 Å². The predicted molar refractivity (Wildman–Crippen MR) is 257 cm³/mol. The lowest BCUT2D eigenvalue weighted by Crippen LogP contribution is -2.30. The second-order valence-corrected chi connectivity index (χ2v) is 19.0. The van der Waals surface area contributed by atoms with Gasteiger partial charge in [-0.05, 0) is 25.2 Å². The minimum atomic E-state index is -0.759. The standard InChI is InChI=1S/C54H104O6/c1-5-7-9-11-12-13-14-15-16-22-26-29-32-35-39-43-47-54(57)60-51(48-58-52(55)45-41-36-10-8-6-2)49-59-53(56)46-42-38-34-31-28-25-23-20-18-17-19-21-24-27-30-33-37-40-44-50(3)4/h50-51H,5-49H2,1-4H3/t51-/m0/s1. The number of esters is 3. The first-order chi connectivity index (χ1) is 29.4. The molecule has 0 aromatic rings. The van der Waals surface area contributed by atoms with Crippen LogP contribution in [0, 0.1) is 5.92 Å². The highest BCUT2D eigenvalue weighted by Gasteiger charge is 2.19. The number of carbonyl (C=O) groups is 3. The van der Waals surface area contributed by atoms with Crippen molar-refractivity contribution in [2.24, 2.45) is 5.92 Å². The second-order valence-electron chi connectivity index (χ2n) is 19.0. The zero-order valence-electron chi connectivity index (χ0n) is 40.9. The van der Waals surface area contributed by atoms with E-state index in [1.54, 1.807) is 0 Å². The van der Waals surface area contributed by atoms with E-state index in [0.29, 0.717) is 19.3 Å². The Morgan fingerprint density at radius 3 is 0.817 bits per heavy atom. The van der Waals surface area contributed by atoms with Gasteiger partial charge in [0.15, 0.2) is 6.10 Å². The number of hydrogen-bond acceptors (Lipinski definition) is 6. The van der Waals surface area contributed by atoms with Crippen molar-refractivity contribution in [3.05, 3.63) is 0 Å². The summed E-state index contributed by atoms with van der Waals surface area (Å²) in [5.41, 5.74) is 0. The molecule has 356 valence electrons. The van der Waals surface area contributed by atoms with Crippen molar-refractivity contribution in [3.8, 4) is 0 Å². The van der Waals surface area contributed by atoms with Gasteiger partial charge in [-0.3, -0.25) is 14.4 Å². The van der Waals surface area contributed by atoms with Crippen molar-refractivity contribution in [1.29, 1.82) is 0 Å². The highest BCUT2D eigenvalue weighted by molar-refractivity contribution is 5.71. The molecule has 0 aliphatic carbocycles. The lowest BCUT2D eigenvalue weighted by atomic mass is 10.0. The van der Waals surface area contributed by atoms with Crippen LogP contribution in [0.2, 0.25) is 0 Å². The molecule has 0 saturated carbocycles. The Morgan fingerprint density at radius 1 is 0.317 bits per heavy atom. The average molecular weight is 849 g/mol. The van der Waals surface area contributed by atoms with Crippen molar-refractivity contribution in [2.45, 2.75) is 310 Å². The Balaban J connectivity index is 4.05. The number of unbranched alkanes of at least 4 members (excludes halogenated alkanes) is 36. The monoisotopic (exact) mass is 849 g/mol. The smallest absolute Gasteiger partial charge is 0.306 e. The third-order valence-electron chi connectivity index (χ3n) is 12.3. The Bertz CT molecular complexity index is 903. The van der Waals surface area contributed by atoms with E-state index in [4.69, 9.17) is 14.2 Å². The van der Waals surface area contributed by atoms with Crippen molar-refractivity contribution in [1.82, 2.24) is 0 Å². The van der Waals surface area contributed by atoms with Crippen LogP contribution in [0.25, 0.3) is 0 Å². The van der Waals surface area contributed by atoms with E-state index in [2.05, 4.69) is 27.7 Å². The predicted octanol–water partition coefficient (Wildman–Crippen LogP) is 17.5. The van der Waals surface area contributed by atoms with Crippen LogP contribution in [-0.2, 0) is 28.6 Å². The number of hydrogen-bond donors (Lipinski definition) is 0. The van der Waals surface area contributed by atoms with Gasteiger partial charge in [0.05, 0.1) is 0 Å². The zero-order valence-corrected chi connectivity index (χ0v) is 40.9. The lowest BCUT2D eigenvalue weighted by Gasteiger charge is -2.18. The van der Waals surface area contributed by atoms with Gasteiger partial charge in [0, 0.05) is 19.3 Å². The first kappa shape index (κ1) is 58.4. The highest BCUT2D eigenvalue weighted by Crippen LogP contribution is 2.18. The van der Waals surface area contributed by atoms with E-state index in [0.717, 1.165) is 70.1 Å². The van der Waals surface area contributed by atoms with Crippen LogP contribution in [0.4, 0.5) is 0 Å². The Kier molecular flexibility index (Phi) is 47.2. The van der Waals surface area contributed by atoms with E-state index in [1.807, 2.05) is 0 Å². The van der Waals surface area contributed by atoms with Crippen LogP contribution in [0.15, 0.2) is 0 Å². The molecule has 0 N–H and O–H groups in total. The van der Waals surface area contributed by atoms with Gasteiger partial charge in [-0.2, -0.15) is 0 Å². The fourth-order valence-corrected chi connectivity index (χ4v) is 8.22. The van der Waals surface area contributed by atoms with Crippen molar-refractivity contribution >= 4 is 17.9 Å². The zero-order chi connectivity index (χ0) is 43.8. The van der Waals surface area contributed by atoms with E-state index < -0.39 is 6.10 Å². The number of ether oxygens (including phenoxy) is 3. The molecular formula is C54H104O6. The minimum Gasteiger partial charge on any atom is -0.462 e. The molecule has 6 nitrogen and oxygen atoms in total. The minimum absolute atomic E-state index is 0.0635. The SMILES string of the molecule is CCCCCCCCCCCCCCCCCCC(=O)O[C@@H](COC(=O)CCCCCCC)COC(=O)CCCCCCCCCCCCCCCCCCCCC(C)C. The molecule has 0 unspecified atom stereocenters. The molecule has 0 heterocycles. The molecule has 6 heteroatoms. The second kappa shape index (κ2) is 48.4. The molecule has 0 saturated heterocycles. The van der Waals surface area contributed by atoms with Gasteiger partial charge in [-0.1, -0.05) is 265 Å². The molecule has 0 aliphatic rings. The van der Waals surface area contributed by atoms with Gasteiger partial charge in [-0.25, -0.2) is 0 Å². The summed E-state index contributed by atoms with van der Waals surface area (Å²) in [6, 6.07) is 0. The maximum atomic E-state index is 12.7. The molecule has 0 amide bonds. The summed E-state index contributed by atoms with van der Waals surface area (Å²) in [5, 5.41) is 0. The molecule has 0 fully saturated rings. The molecule has 1 atom stereocenters. The molecule has 0 radical (unpaired) electrons. The van der Waals surface area contributed by atoms with Crippen molar-refractivity contribution < 1.29 is 28.6 Å².